The van der Waals surface area contributed by atoms with Gasteiger partial charge in [-0.25, -0.2) is 25.3 Å². The topological polar surface area (TPSA) is 124 Å². The second-order valence-electron chi connectivity index (χ2n) is 6.97. The Morgan fingerprint density at radius 1 is 0.929 bits per heavy atom. The molecule has 0 radical (unpaired) electrons. The lowest BCUT2D eigenvalue weighted by atomic mass is 10.2. The number of sulfone groups is 2. The van der Waals surface area contributed by atoms with Gasteiger partial charge in [0.25, 0.3) is 0 Å². The molecule has 0 aliphatic carbocycles. The van der Waals surface area contributed by atoms with E-state index in [0.29, 0.717) is 5.75 Å². The van der Waals surface area contributed by atoms with Gasteiger partial charge >= 0.3 is 0 Å². The van der Waals surface area contributed by atoms with E-state index < -0.39 is 41.8 Å². The van der Waals surface area contributed by atoms with Crippen LogP contribution in [0.1, 0.15) is 12.8 Å². The first-order valence-corrected chi connectivity index (χ1v) is 13.7. The Bertz CT molecular complexity index is 1020. The van der Waals surface area contributed by atoms with Crippen LogP contribution in [0.4, 0.5) is 0 Å². The molecule has 9 nitrogen and oxygen atoms in total. The fourth-order valence-corrected chi connectivity index (χ4v) is 9.36. The average molecular weight is 454 g/mol. The number of nitrogens with zero attached hydrogens (tertiary/aromatic N) is 1. The van der Waals surface area contributed by atoms with E-state index in [4.69, 9.17) is 9.47 Å². The number of methoxy groups -OCH3 is 2. The standard InChI is InChI=1S/C16H23NO8S3/c1-24-14-3-4-16(15(9-14)25-2)28(22,23)17(12-5-7-26(18,19)10-12)13-6-8-27(20,21)11-13/h3-4,9,12-13H,5-8,10-11H2,1-2H3/t12-,13+. The molecule has 0 N–H and O–H groups in total. The van der Waals surface area contributed by atoms with Crippen LogP contribution in [0.5, 0.6) is 11.5 Å². The fourth-order valence-electron chi connectivity index (χ4n) is 3.74. The maximum absolute atomic E-state index is 13.5. The summed E-state index contributed by atoms with van der Waals surface area (Å²) in [7, 11) is -8.21. The summed E-state index contributed by atoms with van der Waals surface area (Å²) in [5.41, 5.74) is 0. The molecule has 28 heavy (non-hydrogen) atoms. The van der Waals surface area contributed by atoms with Crippen molar-refractivity contribution in [1.29, 1.82) is 0 Å². The molecule has 0 spiro atoms. The molecule has 1 aromatic carbocycles. The molecule has 2 atom stereocenters. The zero-order valence-corrected chi connectivity index (χ0v) is 18.0. The lowest BCUT2D eigenvalue weighted by Crippen LogP contribution is -2.48. The van der Waals surface area contributed by atoms with E-state index in [-0.39, 0.29) is 46.5 Å². The van der Waals surface area contributed by atoms with Crippen molar-refractivity contribution in [3.63, 3.8) is 0 Å². The predicted octanol–water partition coefficient (Wildman–Crippen LogP) is 0.0687. The van der Waals surface area contributed by atoms with Crippen molar-refractivity contribution in [3.05, 3.63) is 18.2 Å². The van der Waals surface area contributed by atoms with E-state index in [1.54, 1.807) is 0 Å². The first-order valence-electron chi connectivity index (χ1n) is 8.65. The minimum Gasteiger partial charge on any atom is -0.497 e. The summed E-state index contributed by atoms with van der Waals surface area (Å²) in [6.07, 6.45) is 0.271. The van der Waals surface area contributed by atoms with Gasteiger partial charge in [0, 0.05) is 18.2 Å². The Kier molecular flexibility index (Phi) is 5.69. The van der Waals surface area contributed by atoms with Crippen molar-refractivity contribution < 1.29 is 34.7 Å². The van der Waals surface area contributed by atoms with Gasteiger partial charge < -0.3 is 9.47 Å². The number of ether oxygens (including phenoxy) is 2. The minimum atomic E-state index is -4.21. The predicted molar refractivity (Wildman–Crippen MR) is 103 cm³/mol. The van der Waals surface area contributed by atoms with Crippen molar-refractivity contribution >= 4 is 29.7 Å². The highest BCUT2D eigenvalue weighted by molar-refractivity contribution is 7.92. The van der Waals surface area contributed by atoms with Gasteiger partial charge in [-0.1, -0.05) is 0 Å². The van der Waals surface area contributed by atoms with Crippen molar-refractivity contribution in [2.45, 2.75) is 29.8 Å². The second-order valence-corrected chi connectivity index (χ2v) is 13.2. The van der Waals surface area contributed by atoms with E-state index in [2.05, 4.69) is 0 Å². The van der Waals surface area contributed by atoms with Crippen LogP contribution < -0.4 is 9.47 Å². The maximum Gasteiger partial charge on any atom is 0.247 e. The van der Waals surface area contributed by atoms with Gasteiger partial charge in [-0.3, -0.25) is 0 Å². The number of hydrogen-bond acceptors (Lipinski definition) is 8. The van der Waals surface area contributed by atoms with Crippen LogP contribution in [-0.4, -0.2) is 78.9 Å². The van der Waals surface area contributed by atoms with E-state index in [1.807, 2.05) is 0 Å². The minimum absolute atomic E-state index is 0.0473. The van der Waals surface area contributed by atoms with Crippen LogP contribution in [0.3, 0.4) is 0 Å². The Morgan fingerprint density at radius 3 is 1.86 bits per heavy atom. The normalized spacial score (nSPS) is 26.4. The Morgan fingerprint density at radius 2 is 1.46 bits per heavy atom. The van der Waals surface area contributed by atoms with Gasteiger partial charge in [0.15, 0.2) is 19.7 Å². The third-order valence-corrected chi connectivity index (χ3v) is 10.6. The van der Waals surface area contributed by atoms with Crippen LogP contribution in [0.25, 0.3) is 0 Å². The SMILES string of the molecule is COc1ccc(S(=O)(=O)N([C@@H]2CCS(=O)(=O)C2)[C@H]2CCS(=O)(=O)C2)c(OC)c1. The highest BCUT2D eigenvalue weighted by Gasteiger charge is 2.46. The van der Waals surface area contributed by atoms with Crippen molar-refractivity contribution in [3.8, 4) is 11.5 Å². The molecule has 2 aliphatic rings. The summed E-state index contributed by atoms with van der Waals surface area (Å²) in [5, 5.41) is 0. The molecule has 0 aromatic heterocycles. The fraction of sp³-hybridized carbons (Fsp3) is 0.625. The van der Waals surface area contributed by atoms with Gasteiger partial charge in [0.05, 0.1) is 37.2 Å². The lowest BCUT2D eigenvalue weighted by molar-refractivity contribution is 0.279. The van der Waals surface area contributed by atoms with Gasteiger partial charge in [-0.2, -0.15) is 4.31 Å². The highest BCUT2D eigenvalue weighted by Crippen LogP contribution is 2.36. The average Bonchev–Trinajstić information content (AvgIpc) is 3.15. The molecule has 0 unspecified atom stereocenters. The third kappa shape index (κ3) is 4.14. The maximum atomic E-state index is 13.5. The van der Waals surface area contributed by atoms with E-state index in [9.17, 15) is 25.3 Å². The number of sulfonamides is 1. The molecular weight excluding hydrogens is 430 g/mol. The second kappa shape index (κ2) is 7.47. The Balaban J connectivity index is 2.09. The zero-order valence-electron chi connectivity index (χ0n) is 15.6. The summed E-state index contributed by atoms with van der Waals surface area (Å²) < 4.78 is 86.3. The molecule has 0 saturated carbocycles. The number of rotatable bonds is 6. The van der Waals surface area contributed by atoms with Crippen molar-refractivity contribution in [1.82, 2.24) is 4.31 Å². The summed E-state index contributed by atoms with van der Waals surface area (Å²) in [5.74, 6) is -0.436. The van der Waals surface area contributed by atoms with Crippen LogP contribution in [0.15, 0.2) is 23.1 Å². The van der Waals surface area contributed by atoms with Gasteiger partial charge in [-0.05, 0) is 25.0 Å². The smallest absolute Gasteiger partial charge is 0.247 e. The van der Waals surface area contributed by atoms with E-state index in [1.165, 1.54) is 32.4 Å². The summed E-state index contributed by atoms with van der Waals surface area (Å²) in [4.78, 5) is -0.149. The van der Waals surface area contributed by atoms with Crippen LogP contribution in [-0.2, 0) is 29.7 Å². The largest absolute Gasteiger partial charge is 0.497 e. The van der Waals surface area contributed by atoms with Crippen LogP contribution in [0.2, 0.25) is 0 Å². The molecule has 2 heterocycles. The molecule has 0 bridgehead atoms. The van der Waals surface area contributed by atoms with Crippen molar-refractivity contribution in [2.24, 2.45) is 0 Å². The van der Waals surface area contributed by atoms with Gasteiger partial charge in [0.2, 0.25) is 10.0 Å². The summed E-state index contributed by atoms with van der Waals surface area (Å²) in [6, 6.07) is 2.60. The zero-order chi connectivity index (χ0) is 20.7. The summed E-state index contributed by atoms with van der Waals surface area (Å²) in [6.45, 7) is 0. The molecule has 158 valence electrons. The molecular formula is C16H23NO8S3. The molecule has 12 heteroatoms. The Hall–Kier alpha value is -1.37. The lowest BCUT2D eigenvalue weighted by Gasteiger charge is -2.32. The Labute approximate surface area is 165 Å². The molecule has 3 rings (SSSR count). The molecule has 1 aromatic rings. The monoisotopic (exact) mass is 453 g/mol. The van der Waals surface area contributed by atoms with Gasteiger partial charge in [0.1, 0.15) is 16.4 Å². The van der Waals surface area contributed by atoms with E-state index >= 15 is 0 Å². The molecule has 0 amide bonds. The highest BCUT2D eigenvalue weighted by atomic mass is 32.2. The molecule has 2 fully saturated rings. The number of benzene rings is 1. The quantitative estimate of drug-likeness (QED) is 0.593. The van der Waals surface area contributed by atoms with E-state index in [0.717, 1.165) is 4.31 Å². The summed E-state index contributed by atoms with van der Waals surface area (Å²) >= 11 is 0. The van der Waals surface area contributed by atoms with Gasteiger partial charge in [-0.15, -0.1) is 0 Å². The first kappa shape index (κ1) is 21.3. The molecule has 2 aliphatic heterocycles. The third-order valence-electron chi connectivity index (χ3n) is 5.06. The van der Waals surface area contributed by atoms with Crippen LogP contribution >= 0.6 is 0 Å². The van der Waals surface area contributed by atoms with Crippen LogP contribution in [0, 0.1) is 0 Å². The molecule has 2 saturated heterocycles. The number of hydrogen-bond donors (Lipinski definition) is 0. The van der Waals surface area contributed by atoms with Crippen molar-refractivity contribution in [2.75, 3.05) is 37.2 Å². The first-order chi connectivity index (χ1) is 13.0.